The van der Waals surface area contributed by atoms with Gasteiger partial charge in [-0.1, -0.05) is 6.07 Å². The molecule has 0 unspecified atom stereocenters. The van der Waals surface area contributed by atoms with Crippen molar-refractivity contribution in [1.82, 2.24) is 15.2 Å². The number of hydrogen-bond acceptors (Lipinski definition) is 5. The van der Waals surface area contributed by atoms with E-state index < -0.39 is 5.54 Å². The third kappa shape index (κ3) is 4.15. The Morgan fingerprint density at radius 1 is 1.38 bits per heavy atom. The molecular formula is C15H25N5O. The fourth-order valence-electron chi connectivity index (χ4n) is 2.27. The molecule has 3 N–H and O–H groups in total. The molecule has 0 bridgehead atoms. The van der Waals surface area contributed by atoms with Crippen molar-refractivity contribution in [2.24, 2.45) is 5.73 Å². The van der Waals surface area contributed by atoms with Gasteiger partial charge in [0.25, 0.3) is 0 Å². The van der Waals surface area contributed by atoms with Gasteiger partial charge in [0, 0.05) is 44.5 Å². The normalized spacial score (nSPS) is 16.9. The Hall–Kier alpha value is -1.66. The highest BCUT2D eigenvalue weighted by Crippen LogP contribution is 2.18. The van der Waals surface area contributed by atoms with Crippen molar-refractivity contribution in [2.45, 2.75) is 25.9 Å². The summed E-state index contributed by atoms with van der Waals surface area (Å²) < 4.78 is 0. The molecule has 0 radical (unpaired) electrons. The lowest BCUT2D eigenvalue weighted by Crippen LogP contribution is -2.49. The van der Waals surface area contributed by atoms with Gasteiger partial charge >= 0.3 is 0 Å². The summed E-state index contributed by atoms with van der Waals surface area (Å²) in [5.41, 5.74) is 5.96. The number of nitrogens with two attached hydrogens (primary N) is 1. The van der Waals surface area contributed by atoms with Gasteiger partial charge in [0.1, 0.15) is 5.82 Å². The van der Waals surface area contributed by atoms with Crippen molar-refractivity contribution in [2.75, 3.05) is 38.1 Å². The van der Waals surface area contributed by atoms with E-state index in [0.29, 0.717) is 6.54 Å². The molecule has 0 saturated carbocycles. The summed E-state index contributed by atoms with van der Waals surface area (Å²) in [5.74, 6) is 0.802. The minimum Gasteiger partial charge on any atom is -0.354 e. The monoisotopic (exact) mass is 291 g/mol. The van der Waals surface area contributed by atoms with Gasteiger partial charge in [-0.3, -0.25) is 4.79 Å². The average molecular weight is 291 g/mol. The maximum Gasteiger partial charge on any atom is 0.239 e. The molecule has 21 heavy (non-hydrogen) atoms. The van der Waals surface area contributed by atoms with Gasteiger partial charge in [-0.25, -0.2) is 4.98 Å². The van der Waals surface area contributed by atoms with Crippen LogP contribution in [0.5, 0.6) is 0 Å². The average Bonchev–Trinajstić information content (AvgIpc) is 2.45. The predicted octanol–water partition coefficient (Wildman–Crippen LogP) is 0.187. The summed E-state index contributed by atoms with van der Waals surface area (Å²) in [6, 6.07) is 3.90. The maximum absolute atomic E-state index is 11.9. The number of amides is 1. The largest absolute Gasteiger partial charge is 0.354 e. The molecule has 0 aliphatic carbocycles. The molecule has 2 heterocycles. The Kier molecular flexibility index (Phi) is 4.80. The summed E-state index contributed by atoms with van der Waals surface area (Å²) in [6.07, 6.45) is 1.80. The van der Waals surface area contributed by atoms with Crippen molar-refractivity contribution in [3.8, 4) is 0 Å². The molecule has 1 aromatic heterocycles. The summed E-state index contributed by atoms with van der Waals surface area (Å²) in [6.45, 7) is 7.82. The number of likely N-dealkylation sites (N-methyl/N-ethyl adjacent to an activating group) is 1. The van der Waals surface area contributed by atoms with Gasteiger partial charge in [0.05, 0.1) is 5.54 Å². The number of carbonyl (C=O) groups excluding carboxylic acids is 1. The maximum atomic E-state index is 11.9. The molecule has 116 valence electrons. The number of anilines is 1. The number of piperazine rings is 1. The van der Waals surface area contributed by atoms with E-state index in [-0.39, 0.29) is 5.91 Å². The van der Waals surface area contributed by atoms with E-state index in [1.807, 2.05) is 12.1 Å². The van der Waals surface area contributed by atoms with Crippen LogP contribution in [0.2, 0.25) is 0 Å². The van der Waals surface area contributed by atoms with Crippen molar-refractivity contribution < 1.29 is 4.79 Å². The molecule has 1 fully saturated rings. The zero-order valence-electron chi connectivity index (χ0n) is 13.1. The topological polar surface area (TPSA) is 74.5 Å². The molecule has 0 aromatic carbocycles. The van der Waals surface area contributed by atoms with E-state index in [9.17, 15) is 4.79 Å². The van der Waals surface area contributed by atoms with Gasteiger partial charge in [-0.2, -0.15) is 0 Å². The Bertz CT molecular complexity index is 489. The molecule has 0 atom stereocenters. The molecule has 1 aliphatic rings. The van der Waals surface area contributed by atoms with Crippen molar-refractivity contribution in [3.05, 3.63) is 23.9 Å². The number of carbonyl (C=O) groups is 1. The van der Waals surface area contributed by atoms with Crippen molar-refractivity contribution in [3.63, 3.8) is 0 Å². The fourth-order valence-corrected chi connectivity index (χ4v) is 2.27. The lowest BCUT2D eigenvalue weighted by Gasteiger charge is -2.34. The molecule has 0 spiro atoms. The second-order valence-electron chi connectivity index (χ2n) is 6.18. The summed E-state index contributed by atoms with van der Waals surface area (Å²) in [7, 11) is 2.13. The molecule has 1 aromatic rings. The lowest BCUT2D eigenvalue weighted by molar-refractivity contribution is -0.125. The number of rotatable bonds is 4. The van der Waals surface area contributed by atoms with Crippen LogP contribution in [0.3, 0.4) is 0 Å². The van der Waals surface area contributed by atoms with E-state index >= 15 is 0 Å². The Labute approximate surface area is 126 Å². The number of hydrogen-bond donors (Lipinski definition) is 2. The summed E-state index contributed by atoms with van der Waals surface area (Å²) >= 11 is 0. The number of pyridine rings is 1. The van der Waals surface area contributed by atoms with Crippen LogP contribution in [0.1, 0.15) is 19.4 Å². The highest BCUT2D eigenvalue weighted by molar-refractivity contribution is 5.85. The highest BCUT2D eigenvalue weighted by Gasteiger charge is 2.22. The zero-order valence-corrected chi connectivity index (χ0v) is 13.1. The van der Waals surface area contributed by atoms with Gasteiger partial charge in [-0.15, -0.1) is 0 Å². The molecular weight excluding hydrogens is 266 g/mol. The SMILES string of the molecule is CN1CCN(c2ncccc2CNC(=O)C(C)(C)N)CC1. The number of aromatic nitrogens is 1. The van der Waals surface area contributed by atoms with Gasteiger partial charge in [-0.05, 0) is 27.0 Å². The van der Waals surface area contributed by atoms with E-state index in [1.54, 1.807) is 20.0 Å². The van der Waals surface area contributed by atoms with Crippen LogP contribution in [0.4, 0.5) is 5.82 Å². The third-order valence-corrected chi connectivity index (χ3v) is 3.69. The number of nitrogens with zero attached hydrogens (tertiary/aromatic N) is 3. The quantitative estimate of drug-likeness (QED) is 0.828. The van der Waals surface area contributed by atoms with Crippen molar-refractivity contribution in [1.29, 1.82) is 0 Å². The van der Waals surface area contributed by atoms with Crippen LogP contribution in [0.15, 0.2) is 18.3 Å². The van der Waals surface area contributed by atoms with Crippen LogP contribution in [0, 0.1) is 0 Å². The predicted molar refractivity (Wildman–Crippen MR) is 84.1 cm³/mol. The zero-order chi connectivity index (χ0) is 15.5. The Morgan fingerprint density at radius 3 is 2.67 bits per heavy atom. The minimum atomic E-state index is -0.865. The van der Waals surface area contributed by atoms with Gasteiger partial charge in [0.15, 0.2) is 0 Å². The first-order chi connectivity index (χ1) is 9.88. The van der Waals surface area contributed by atoms with Crippen LogP contribution in [0.25, 0.3) is 0 Å². The van der Waals surface area contributed by atoms with Crippen LogP contribution in [-0.4, -0.2) is 54.6 Å². The molecule has 1 aliphatic heterocycles. The van der Waals surface area contributed by atoms with Crippen LogP contribution < -0.4 is 16.0 Å². The van der Waals surface area contributed by atoms with E-state index in [0.717, 1.165) is 37.6 Å². The molecule has 2 rings (SSSR count). The Morgan fingerprint density at radius 2 is 2.05 bits per heavy atom. The first-order valence-corrected chi connectivity index (χ1v) is 7.32. The molecule has 1 amide bonds. The minimum absolute atomic E-state index is 0.157. The Balaban J connectivity index is 2.05. The smallest absolute Gasteiger partial charge is 0.239 e. The molecule has 6 nitrogen and oxygen atoms in total. The first kappa shape index (κ1) is 15.7. The van der Waals surface area contributed by atoms with Crippen LogP contribution in [-0.2, 0) is 11.3 Å². The lowest BCUT2D eigenvalue weighted by atomic mass is 10.1. The second-order valence-corrected chi connectivity index (χ2v) is 6.18. The molecule has 6 heteroatoms. The van der Waals surface area contributed by atoms with Gasteiger partial charge < -0.3 is 20.9 Å². The van der Waals surface area contributed by atoms with E-state index in [1.165, 1.54) is 0 Å². The van der Waals surface area contributed by atoms with Gasteiger partial charge in [0.2, 0.25) is 5.91 Å². The standard InChI is InChI=1S/C15H25N5O/c1-15(2,16)14(21)18-11-12-5-4-6-17-13(12)20-9-7-19(3)8-10-20/h4-6H,7-11,16H2,1-3H3,(H,18,21). The molecule has 1 saturated heterocycles. The third-order valence-electron chi connectivity index (χ3n) is 3.69. The summed E-state index contributed by atoms with van der Waals surface area (Å²) in [4.78, 5) is 21.0. The first-order valence-electron chi connectivity index (χ1n) is 7.32. The highest BCUT2D eigenvalue weighted by atomic mass is 16.2. The van der Waals surface area contributed by atoms with Crippen molar-refractivity contribution >= 4 is 11.7 Å². The van der Waals surface area contributed by atoms with Crippen LogP contribution >= 0.6 is 0 Å². The number of nitrogens with one attached hydrogen (secondary N) is 1. The van der Waals surface area contributed by atoms with E-state index in [4.69, 9.17) is 5.73 Å². The second kappa shape index (κ2) is 6.41. The van der Waals surface area contributed by atoms with E-state index in [2.05, 4.69) is 27.1 Å². The fraction of sp³-hybridized carbons (Fsp3) is 0.600. The summed E-state index contributed by atoms with van der Waals surface area (Å²) in [5, 5.41) is 2.89.